The topological polar surface area (TPSA) is 49.3 Å². The maximum Gasteiger partial charge on any atom is 0.278 e. The highest BCUT2D eigenvalue weighted by atomic mass is 79.9. The van der Waals surface area contributed by atoms with Crippen molar-refractivity contribution in [2.45, 2.75) is 19.8 Å². The lowest BCUT2D eigenvalue weighted by atomic mass is 10.2. The quantitative estimate of drug-likeness (QED) is 0.766. The maximum absolute atomic E-state index is 12.9. The van der Waals surface area contributed by atoms with Gasteiger partial charge in [0.2, 0.25) is 5.95 Å². The third-order valence-electron chi connectivity index (χ3n) is 4.16. The summed E-state index contributed by atoms with van der Waals surface area (Å²) in [6.45, 7) is 3.81. The minimum Gasteiger partial charge on any atom is -0.341 e. The van der Waals surface area contributed by atoms with Crippen LogP contribution in [0.4, 0.5) is 11.6 Å². The third-order valence-corrected chi connectivity index (χ3v) is 5.32. The predicted octanol–water partition coefficient (Wildman–Crippen LogP) is 4.08. The van der Waals surface area contributed by atoms with Crippen LogP contribution in [0.25, 0.3) is 0 Å². The number of halogens is 2. The van der Waals surface area contributed by atoms with E-state index in [2.05, 4.69) is 30.8 Å². The molecule has 1 aliphatic heterocycles. The van der Waals surface area contributed by atoms with Crippen molar-refractivity contribution in [3.8, 4) is 0 Å². The summed E-state index contributed by atoms with van der Waals surface area (Å²) in [5.74, 6) is 0.324. The number of hydrogen-bond donors (Lipinski definition) is 0. The van der Waals surface area contributed by atoms with Crippen LogP contribution >= 0.6 is 27.5 Å². The van der Waals surface area contributed by atoms with Gasteiger partial charge >= 0.3 is 0 Å². The molecule has 0 N–H and O–H groups in total. The Morgan fingerprint density at radius 2 is 2.04 bits per heavy atom. The van der Waals surface area contributed by atoms with Gasteiger partial charge in [0.05, 0.1) is 11.2 Å². The van der Waals surface area contributed by atoms with Crippen LogP contribution in [0.1, 0.15) is 28.9 Å². The van der Waals surface area contributed by atoms with E-state index in [1.165, 1.54) is 6.20 Å². The Balaban J connectivity index is 1.90. The lowest BCUT2D eigenvalue weighted by molar-refractivity contribution is 0.0988. The molecular formula is C17H18BrClN4O. The molecule has 24 heavy (non-hydrogen) atoms. The van der Waals surface area contributed by atoms with Crippen molar-refractivity contribution in [3.05, 3.63) is 45.1 Å². The molecule has 0 radical (unpaired) electrons. The van der Waals surface area contributed by atoms with Crippen molar-refractivity contribution >= 4 is 45.1 Å². The molecule has 1 saturated heterocycles. The second kappa shape index (κ2) is 7.07. The number of nitrogens with zero attached hydrogens (tertiary/aromatic N) is 4. The fourth-order valence-electron chi connectivity index (χ4n) is 2.69. The Labute approximate surface area is 154 Å². The summed E-state index contributed by atoms with van der Waals surface area (Å²) in [6, 6.07) is 5.75. The molecule has 2 aromatic rings. The van der Waals surface area contributed by atoms with E-state index >= 15 is 0 Å². The highest BCUT2D eigenvalue weighted by Gasteiger charge is 2.22. The van der Waals surface area contributed by atoms with Crippen molar-refractivity contribution in [2.75, 3.05) is 29.9 Å². The zero-order valence-electron chi connectivity index (χ0n) is 13.6. The van der Waals surface area contributed by atoms with Crippen LogP contribution in [0, 0.1) is 6.92 Å². The average molecular weight is 410 g/mol. The van der Waals surface area contributed by atoms with Crippen molar-refractivity contribution in [2.24, 2.45) is 0 Å². The molecule has 0 spiro atoms. The molecule has 5 nitrogen and oxygen atoms in total. The zero-order valence-corrected chi connectivity index (χ0v) is 15.9. The van der Waals surface area contributed by atoms with Crippen LogP contribution in [0.5, 0.6) is 0 Å². The summed E-state index contributed by atoms with van der Waals surface area (Å²) in [5, 5.41) is 0.267. The van der Waals surface area contributed by atoms with Crippen LogP contribution in [-0.2, 0) is 0 Å². The number of amides is 1. The molecule has 0 bridgehead atoms. The van der Waals surface area contributed by atoms with E-state index in [-0.39, 0.29) is 16.6 Å². The van der Waals surface area contributed by atoms with Gasteiger partial charge in [0, 0.05) is 30.3 Å². The minimum absolute atomic E-state index is 0.233. The molecule has 1 aromatic carbocycles. The van der Waals surface area contributed by atoms with E-state index in [4.69, 9.17) is 11.6 Å². The molecule has 1 amide bonds. The van der Waals surface area contributed by atoms with Crippen molar-refractivity contribution in [1.29, 1.82) is 0 Å². The van der Waals surface area contributed by atoms with Gasteiger partial charge in [-0.05, 0) is 43.5 Å². The average Bonchev–Trinajstić information content (AvgIpc) is 3.11. The van der Waals surface area contributed by atoms with Crippen LogP contribution in [-0.4, -0.2) is 36.0 Å². The van der Waals surface area contributed by atoms with E-state index in [0.29, 0.717) is 5.95 Å². The van der Waals surface area contributed by atoms with Crippen molar-refractivity contribution in [3.63, 3.8) is 0 Å². The molecule has 0 aliphatic carbocycles. The highest BCUT2D eigenvalue weighted by molar-refractivity contribution is 9.10. The second-order valence-electron chi connectivity index (χ2n) is 5.86. The zero-order chi connectivity index (χ0) is 17.3. The first kappa shape index (κ1) is 17.2. The first-order valence-corrected chi connectivity index (χ1v) is 8.96. The normalized spacial score (nSPS) is 14.1. The number of carbonyl (C=O) groups is 1. The first-order chi connectivity index (χ1) is 11.5. The van der Waals surface area contributed by atoms with E-state index in [0.717, 1.165) is 41.7 Å². The minimum atomic E-state index is -0.246. The Bertz CT molecular complexity index is 777. The number of rotatable bonds is 3. The fourth-order valence-corrected chi connectivity index (χ4v) is 3.11. The molecule has 0 unspecified atom stereocenters. The second-order valence-corrected chi connectivity index (χ2v) is 7.12. The van der Waals surface area contributed by atoms with Gasteiger partial charge in [-0.3, -0.25) is 4.79 Å². The van der Waals surface area contributed by atoms with E-state index in [1.54, 1.807) is 11.9 Å². The molecule has 1 aliphatic rings. The number of aryl methyl sites for hydroxylation is 1. The SMILES string of the molecule is Cc1cc(N(C)C(=O)c2nc(N3CCCC3)ncc2Cl)ccc1Br. The highest BCUT2D eigenvalue weighted by Crippen LogP contribution is 2.25. The van der Waals surface area contributed by atoms with Crippen LogP contribution in [0.15, 0.2) is 28.9 Å². The van der Waals surface area contributed by atoms with Gasteiger partial charge in [-0.2, -0.15) is 0 Å². The van der Waals surface area contributed by atoms with Crippen LogP contribution < -0.4 is 9.80 Å². The number of benzene rings is 1. The number of anilines is 2. The molecule has 2 heterocycles. The summed E-state index contributed by atoms with van der Waals surface area (Å²) in [6.07, 6.45) is 3.75. The summed E-state index contributed by atoms with van der Waals surface area (Å²) in [7, 11) is 1.72. The summed E-state index contributed by atoms with van der Waals surface area (Å²) in [4.78, 5) is 25.2. The molecule has 3 rings (SSSR count). The van der Waals surface area contributed by atoms with Gasteiger partial charge in [-0.25, -0.2) is 9.97 Å². The first-order valence-electron chi connectivity index (χ1n) is 7.79. The maximum atomic E-state index is 12.9. The lowest BCUT2D eigenvalue weighted by Gasteiger charge is -2.20. The number of aromatic nitrogens is 2. The molecule has 126 valence electrons. The molecule has 7 heteroatoms. The smallest absolute Gasteiger partial charge is 0.278 e. The monoisotopic (exact) mass is 408 g/mol. The Hall–Kier alpha value is -1.66. The standard InChI is InChI=1S/C17H18BrClN4O/c1-11-9-12(5-6-13(11)18)22(2)16(24)15-14(19)10-20-17(21-15)23-7-3-4-8-23/h5-6,9-10H,3-4,7-8H2,1-2H3. The predicted molar refractivity (Wildman–Crippen MR) is 100 cm³/mol. The van der Waals surface area contributed by atoms with Crippen molar-refractivity contribution in [1.82, 2.24) is 9.97 Å². The third kappa shape index (κ3) is 3.39. The Morgan fingerprint density at radius 3 is 2.71 bits per heavy atom. The summed E-state index contributed by atoms with van der Waals surface area (Å²) < 4.78 is 1.00. The van der Waals surface area contributed by atoms with Crippen LogP contribution in [0.2, 0.25) is 5.02 Å². The molecule has 0 atom stereocenters. The number of hydrogen-bond acceptors (Lipinski definition) is 4. The van der Waals surface area contributed by atoms with Gasteiger partial charge in [-0.15, -0.1) is 0 Å². The Kier molecular flexibility index (Phi) is 5.06. The van der Waals surface area contributed by atoms with Crippen LogP contribution in [0.3, 0.4) is 0 Å². The van der Waals surface area contributed by atoms with E-state index in [1.807, 2.05) is 25.1 Å². The number of carbonyl (C=O) groups excluding carboxylic acids is 1. The van der Waals surface area contributed by atoms with E-state index < -0.39 is 0 Å². The fraction of sp³-hybridized carbons (Fsp3) is 0.353. The summed E-state index contributed by atoms with van der Waals surface area (Å²) in [5.41, 5.74) is 2.08. The Morgan fingerprint density at radius 1 is 1.33 bits per heavy atom. The van der Waals surface area contributed by atoms with Gasteiger partial charge in [0.25, 0.3) is 5.91 Å². The lowest BCUT2D eigenvalue weighted by Crippen LogP contribution is -2.29. The molecule has 1 fully saturated rings. The largest absolute Gasteiger partial charge is 0.341 e. The molecular weight excluding hydrogens is 392 g/mol. The molecule has 1 aromatic heterocycles. The van der Waals surface area contributed by atoms with Gasteiger partial charge in [0.1, 0.15) is 0 Å². The van der Waals surface area contributed by atoms with Gasteiger partial charge < -0.3 is 9.80 Å². The summed E-state index contributed by atoms with van der Waals surface area (Å²) >= 11 is 9.66. The molecule has 0 saturated carbocycles. The van der Waals surface area contributed by atoms with Crippen molar-refractivity contribution < 1.29 is 4.79 Å². The van der Waals surface area contributed by atoms with E-state index in [9.17, 15) is 4.79 Å². The van der Waals surface area contributed by atoms with Gasteiger partial charge in [0.15, 0.2) is 5.69 Å². The van der Waals surface area contributed by atoms with Gasteiger partial charge in [-0.1, -0.05) is 27.5 Å².